The van der Waals surface area contributed by atoms with Crippen LogP contribution in [0.4, 0.5) is 0 Å². The molecule has 2 rings (SSSR count). The minimum absolute atomic E-state index is 0.876. The Morgan fingerprint density at radius 1 is 1.12 bits per heavy atom. The normalized spacial score (nSPS) is 10.8. The third-order valence-corrected chi connectivity index (χ3v) is 2.22. The van der Waals surface area contributed by atoms with Gasteiger partial charge in [0.15, 0.2) is 0 Å². The van der Waals surface area contributed by atoms with E-state index in [0.29, 0.717) is 0 Å². The van der Waals surface area contributed by atoms with Crippen molar-refractivity contribution in [2.45, 2.75) is 0 Å². The number of nitrogens with zero attached hydrogens (tertiary/aromatic N) is 1. The summed E-state index contributed by atoms with van der Waals surface area (Å²) in [4.78, 5) is 10.5. The fourth-order valence-electron chi connectivity index (χ4n) is 1.52. The van der Waals surface area contributed by atoms with E-state index in [2.05, 4.69) is 0 Å². The second kappa shape index (κ2) is 4.49. The van der Waals surface area contributed by atoms with Gasteiger partial charge < -0.3 is 9.67 Å². The third-order valence-electron chi connectivity index (χ3n) is 2.22. The summed E-state index contributed by atoms with van der Waals surface area (Å²) in [5.74, 6) is -0.942. The van der Waals surface area contributed by atoms with Crippen molar-refractivity contribution in [3.8, 4) is 5.69 Å². The molecule has 3 nitrogen and oxygen atoms in total. The van der Waals surface area contributed by atoms with E-state index >= 15 is 0 Å². The van der Waals surface area contributed by atoms with Gasteiger partial charge in [-0.2, -0.15) is 0 Å². The van der Waals surface area contributed by atoms with Gasteiger partial charge in [-0.3, -0.25) is 0 Å². The maximum absolute atomic E-state index is 10.5. The van der Waals surface area contributed by atoms with E-state index in [1.807, 2.05) is 53.4 Å². The molecule has 16 heavy (non-hydrogen) atoms. The van der Waals surface area contributed by atoms with Crippen molar-refractivity contribution < 1.29 is 9.90 Å². The van der Waals surface area contributed by atoms with E-state index in [9.17, 15) is 4.79 Å². The molecule has 0 spiro atoms. The maximum Gasteiger partial charge on any atom is 0.328 e. The van der Waals surface area contributed by atoms with Gasteiger partial charge >= 0.3 is 5.97 Å². The summed E-state index contributed by atoms with van der Waals surface area (Å²) in [6.07, 6.45) is 6.58. The fraction of sp³-hybridized carbons (Fsp3) is 0. The second-order valence-corrected chi connectivity index (χ2v) is 3.32. The van der Waals surface area contributed by atoms with Gasteiger partial charge in [-0.15, -0.1) is 0 Å². The summed E-state index contributed by atoms with van der Waals surface area (Å²) in [7, 11) is 0. The molecule has 1 aromatic heterocycles. The molecule has 3 heteroatoms. The predicted molar refractivity (Wildman–Crippen MR) is 62.4 cm³/mol. The molecule has 80 valence electrons. The van der Waals surface area contributed by atoms with Crippen molar-refractivity contribution in [3.63, 3.8) is 0 Å². The van der Waals surface area contributed by atoms with Gasteiger partial charge in [0.2, 0.25) is 0 Å². The fourth-order valence-corrected chi connectivity index (χ4v) is 1.52. The molecule has 0 aliphatic carbocycles. The van der Waals surface area contributed by atoms with Crippen LogP contribution in [0.3, 0.4) is 0 Å². The van der Waals surface area contributed by atoms with E-state index in [0.717, 1.165) is 17.3 Å². The molecule has 0 saturated heterocycles. The molecule has 0 unspecified atom stereocenters. The van der Waals surface area contributed by atoms with Crippen LogP contribution in [0.2, 0.25) is 0 Å². The van der Waals surface area contributed by atoms with E-state index < -0.39 is 5.97 Å². The average Bonchev–Trinajstić information content (AvgIpc) is 2.80. The minimum atomic E-state index is -0.942. The first kappa shape index (κ1) is 10.2. The lowest BCUT2D eigenvalue weighted by Crippen LogP contribution is -1.93. The Balaban J connectivity index is 2.42. The Bertz CT molecular complexity index is 512. The molecule has 2 aromatic rings. The number of rotatable bonds is 3. The summed E-state index contributed by atoms with van der Waals surface area (Å²) < 4.78 is 1.95. The summed E-state index contributed by atoms with van der Waals surface area (Å²) in [6.45, 7) is 0. The molecule has 0 amide bonds. The molecule has 1 aromatic carbocycles. The number of aliphatic carboxylic acids is 1. The first-order valence-electron chi connectivity index (χ1n) is 4.91. The molecule has 0 aliphatic rings. The van der Waals surface area contributed by atoms with E-state index in [-0.39, 0.29) is 0 Å². The van der Waals surface area contributed by atoms with Gasteiger partial charge in [-0.25, -0.2) is 4.79 Å². The lowest BCUT2D eigenvalue weighted by molar-refractivity contribution is -0.131. The van der Waals surface area contributed by atoms with Gasteiger partial charge in [0, 0.05) is 18.5 Å². The van der Waals surface area contributed by atoms with Crippen molar-refractivity contribution in [1.29, 1.82) is 0 Å². The smallest absolute Gasteiger partial charge is 0.328 e. The lowest BCUT2D eigenvalue weighted by Gasteiger charge is -2.06. The number of benzene rings is 1. The number of para-hydroxylation sites is 1. The molecule has 1 heterocycles. The van der Waals surface area contributed by atoms with Crippen LogP contribution >= 0.6 is 0 Å². The first-order chi connectivity index (χ1) is 7.77. The quantitative estimate of drug-likeness (QED) is 0.796. The molecule has 0 fully saturated rings. The highest BCUT2D eigenvalue weighted by Gasteiger charge is 1.99. The third kappa shape index (κ3) is 2.20. The Morgan fingerprint density at radius 3 is 2.50 bits per heavy atom. The summed E-state index contributed by atoms with van der Waals surface area (Å²) in [6, 6.07) is 11.5. The minimum Gasteiger partial charge on any atom is -0.478 e. The number of hydrogen-bond donors (Lipinski definition) is 1. The maximum atomic E-state index is 10.5. The highest BCUT2D eigenvalue weighted by molar-refractivity contribution is 5.86. The van der Waals surface area contributed by atoms with Crippen LogP contribution in [-0.4, -0.2) is 15.6 Å². The average molecular weight is 213 g/mol. The zero-order chi connectivity index (χ0) is 11.4. The van der Waals surface area contributed by atoms with Crippen molar-refractivity contribution in [2.75, 3.05) is 0 Å². The van der Waals surface area contributed by atoms with Crippen molar-refractivity contribution in [1.82, 2.24) is 4.57 Å². The van der Waals surface area contributed by atoms with Gasteiger partial charge in [0.25, 0.3) is 0 Å². The van der Waals surface area contributed by atoms with Crippen LogP contribution in [0.5, 0.6) is 0 Å². The van der Waals surface area contributed by atoms with Crippen LogP contribution in [-0.2, 0) is 4.79 Å². The van der Waals surface area contributed by atoms with Gasteiger partial charge in [-0.1, -0.05) is 18.2 Å². The zero-order valence-corrected chi connectivity index (χ0v) is 8.58. The van der Waals surface area contributed by atoms with Crippen molar-refractivity contribution in [3.05, 3.63) is 60.4 Å². The SMILES string of the molecule is O=C(O)/C=C/c1ccccc1-n1cccc1. The molecule has 0 atom stereocenters. The Hall–Kier alpha value is -2.29. The molecule has 0 saturated carbocycles. The number of hydrogen-bond acceptors (Lipinski definition) is 1. The topological polar surface area (TPSA) is 42.2 Å². The predicted octanol–water partition coefficient (Wildman–Crippen LogP) is 2.58. The Labute approximate surface area is 93.3 Å². The molecule has 0 aliphatic heterocycles. The van der Waals surface area contributed by atoms with Crippen LogP contribution < -0.4 is 0 Å². The van der Waals surface area contributed by atoms with E-state index in [1.54, 1.807) is 6.08 Å². The van der Waals surface area contributed by atoms with Crippen molar-refractivity contribution >= 4 is 12.0 Å². The number of carbonyl (C=O) groups is 1. The lowest BCUT2D eigenvalue weighted by atomic mass is 10.1. The summed E-state index contributed by atoms with van der Waals surface area (Å²) in [5.41, 5.74) is 1.84. The Kier molecular flexibility index (Phi) is 2.87. The second-order valence-electron chi connectivity index (χ2n) is 3.32. The van der Waals surface area contributed by atoms with E-state index in [1.165, 1.54) is 0 Å². The van der Waals surface area contributed by atoms with Gasteiger partial charge in [0.05, 0.1) is 5.69 Å². The highest BCUT2D eigenvalue weighted by atomic mass is 16.4. The van der Waals surface area contributed by atoms with Gasteiger partial charge in [-0.05, 0) is 29.8 Å². The first-order valence-corrected chi connectivity index (χ1v) is 4.91. The zero-order valence-electron chi connectivity index (χ0n) is 8.58. The van der Waals surface area contributed by atoms with E-state index in [4.69, 9.17) is 5.11 Å². The summed E-state index contributed by atoms with van der Waals surface area (Å²) in [5, 5.41) is 8.60. The number of carboxylic acids is 1. The van der Waals surface area contributed by atoms with Crippen LogP contribution in [0.25, 0.3) is 11.8 Å². The molecular weight excluding hydrogens is 202 g/mol. The monoisotopic (exact) mass is 213 g/mol. The molecule has 0 radical (unpaired) electrons. The molecule has 0 bridgehead atoms. The van der Waals surface area contributed by atoms with Crippen LogP contribution in [0.1, 0.15) is 5.56 Å². The number of aromatic nitrogens is 1. The highest BCUT2D eigenvalue weighted by Crippen LogP contribution is 2.15. The molecular formula is C13H11NO2. The summed E-state index contributed by atoms with van der Waals surface area (Å²) >= 11 is 0. The van der Waals surface area contributed by atoms with Crippen molar-refractivity contribution in [2.24, 2.45) is 0 Å². The van der Waals surface area contributed by atoms with Crippen LogP contribution in [0.15, 0.2) is 54.9 Å². The van der Waals surface area contributed by atoms with Crippen LogP contribution in [0, 0.1) is 0 Å². The van der Waals surface area contributed by atoms with Gasteiger partial charge in [0.1, 0.15) is 0 Å². The number of carboxylic acid groups (broad SMARTS) is 1. The largest absolute Gasteiger partial charge is 0.478 e. The Morgan fingerprint density at radius 2 is 1.81 bits per heavy atom. The molecule has 1 N–H and O–H groups in total. The standard InChI is InChI=1S/C13H11NO2/c15-13(16)8-7-11-5-1-2-6-12(11)14-9-3-4-10-14/h1-10H,(H,15,16)/b8-7+.